The number of amidine groups is 2. The van der Waals surface area contributed by atoms with Gasteiger partial charge in [-0.3, -0.25) is 19.4 Å². The van der Waals surface area contributed by atoms with Crippen LogP contribution in [-0.2, 0) is 37.4 Å². The molecule has 0 radical (unpaired) electrons. The molecule has 0 spiro atoms. The van der Waals surface area contributed by atoms with Crippen LogP contribution in [-0.4, -0.2) is 60.4 Å². The molecule has 0 bridgehead atoms. The number of thioether (sulfide) groups is 1. The summed E-state index contributed by atoms with van der Waals surface area (Å²) in [5.41, 5.74) is 3.20. The SMILES string of the molecule is NS(=O)(=O)c1ccc(CCNC(=O)CSC2=Nc3ccccc3C3=N[C@@H](CCC(=O)NCc4ccccc4)C(=O)N23)cc1. The number of carbonyl (C=O) groups excluding carboxylic acids is 3. The van der Waals surface area contributed by atoms with E-state index in [1.165, 1.54) is 17.0 Å². The highest BCUT2D eigenvalue weighted by Crippen LogP contribution is 2.34. The molecule has 2 aliphatic heterocycles. The van der Waals surface area contributed by atoms with Gasteiger partial charge in [-0.1, -0.05) is 66.4 Å². The lowest BCUT2D eigenvalue weighted by atomic mass is 10.1. The maximum atomic E-state index is 13.5. The Morgan fingerprint density at radius 3 is 2.37 bits per heavy atom. The number of hydrogen-bond donors (Lipinski definition) is 3. The molecule has 2 heterocycles. The zero-order valence-corrected chi connectivity index (χ0v) is 24.7. The van der Waals surface area contributed by atoms with Gasteiger partial charge in [0.1, 0.15) is 11.9 Å². The number of nitrogens with one attached hydrogen (secondary N) is 2. The summed E-state index contributed by atoms with van der Waals surface area (Å²) in [5.74, 6) is -0.201. The zero-order chi connectivity index (χ0) is 30.4. The largest absolute Gasteiger partial charge is 0.355 e. The van der Waals surface area contributed by atoms with E-state index in [4.69, 9.17) is 5.14 Å². The van der Waals surface area contributed by atoms with Gasteiger partial charge in [0, 0.05) is 25.1 Å². The number of nitrogens with zero attached hydrogens (tertiary/aromatic N) is 3. The van der Waals surface area contributed by atoms with Crippen LogP contribution in [0.5, 0.6) is 0 Å². The average Bonchev–Trinajstić information content (AvgIpc) is 3.34. The van der Waals surface area contributed by atoms with Crippen LogP contribution in [0.1, 0.15) is 29.5 Å². The Kier molecular flexibility index (Phi) is 9.34. The van der Waals surface area contributed by atoms with Crippen LogP contribution in [0.4, 0.5) is 5.69 Å². The molecule has 11 nitrogen and oxygen atoms in total. The van der Waals surface area contributed by atoms with Crippen LogP contribution in [0.3, 0.4) is 0 Å². The van der Waals surface area contributed by atoms with Gasteiger partial charge in [0.2, 0.25) is 21.8 Å². The lowest BCUT2D eigenvalue weighted by Crippen LogP contribution is -2.42. The second-order valence-electron chi connectivity index (χ2n) is 9.93. The highest BCUT2D eigenvalue weighted by atomic mass is 32.2. The minimum atomic E-state index is -3.76. The first-order chi connectivity index (χ1) is 20.7. The van der Waals surface area contributed by atoms with Crippen LogP contribution < -0.4 is 15.8 Å². The minimum Gasteiger partial charge on any atom is -0.355 e. The van der Waals surface area contributed by atoms with E-state index in [1.807, 2.05) is 54.6 Å². The second-order valence-corrected chi connectivity index (χ2v) is 12.4. The fourth-order valence-electron chi connectivity index (χ4n) is 4.61. The second kappa shape index (κ2) is 13.3. The third-order valence-electron chi connectivity index (χ3n) is 6.85. The summed E-state index contributed by atoms with van der Waals surface area (Å²) in [4.78, 5) is 49.3. The van der Waals surface area contributed by atoms with Gasteiger partial charge in [0.05, 0.1) is 16.3 Å². The Morgan fingerprint density at radius 2 is 1.63 bits per heavy atom. The molecule has 0 fully saturated rings. The number of hydrogen-bond acceptors (Lipinski definition) is 8. The molecule has 0 saturated carbocycles. The van der Waals surface area contributed by atoms with Crippen LogP contribution >= 0.6 is 11.8 Å². The van der Waals surface area contributed by atoms with E-state index in [0.717, 1.165) is 22.9 Å². The molecule has 3 amide bonds. The smallest absolute Gasteiger partial charge is 0.259 e. The van der Waals surface area contributed by atoms with Crippen molar-refractivity contribution in [2.45, 2.75) is 36.7 Å². The Morgan fingerprint density at radius 1 is 0.907 bits per heavy atom. The van der Waals surface area contributed by atoms with E-state index in [0.29, 0.717) is 41.8 Å². The number of rotatable bonds is 11. The molecule has 3 aromatic carbocycles. The summed E-state index contributed by atoms with van der Waals surface area (Å²) in [6.07, 6.45) is 0.887. The van der Waals surface area contributed by atoms with Crippen molar-refractivity contribution in [2.24, 2.45) is 15.1 Å². The lowest BCUT2D eigenvalue weighted by molar-refractivity contribution is -0.125. The molecule has 0 aromatic heterocycles. The standard InChI is InChI=1S/C30H30N6O5S2/c31-43(40,41)22-12-10-20(11-13-22)16-17-32-27(38)19-42-30-35-24-9-5-4-8-23(24)28-34-25(29(39)36(28)30)14-15-26(37)33-18-21-6-2-1-3-7-21/h1-13,25H,14-19H2,(H,32,38)(H,33,37)(H2,31,40,41)/t25-/m0/s1. The van der Waals surface area contributed by atoms with Crippen molar-refractivity contribution in [3.8, 4) is 0 Å². The van der Waals surface area contributed by atoms with Gasteiger partial charge < -0.3 is 10.6 Å². The number of sulfonamides is 1. The van der Waals surface area contributed by atoms with Crippen molar-refractivity contribution in [3.05, 3.63) is 95.6 Å². The molecule has 5 rings (SSSR count). The third kappa shape index (κ3) is 7.55. The predicted octanol–water partition coefficient (Wildman–Crippen LogP) is 2.48. The summed E-state index contributed by atoms with van der Waals surface area (Å²) in [6.45, 7) is 0.750. The van der Waals surface area contributed by atoms with E-state index in [2.05, 4.69) is 20.6 Å². The summed E-state index contributed by atoms with van der Waals surface area (Å²) in [6, 6.07) is 22.4. The molecule has 43 heavy (non-hydrogen) atoms. The Labute approximate surface area is 253 Å². The molecule has 0 unspecified atom stereocenters. The molecule has 0 saturated heterocycles. The number of benzene rings is 3. The molecule has 222 valence electrons. The van der Waals surface area contributed by atoms with Gasteiger partial charge in [-0.2, -0.15) is 0 Å². The number of primary sulfonamides is 1. The van der Waals surface area contributed by atoms with Crippen molar-refractivity contribution in [3.63, 3.8) is 0 Å². The predicted molar refractivity (Wildman–Crippen MR) is 165 cm³/mol. The normalized spacial score (nSPS) is 15.7. The van der Waals surface area contributed by atoms with E-state index in [-0.39, 0.29) is 41.2 Å². The third-order valence-corrected chi connectivity index (χ3v) is 8.71. The highest BCUT2D eigenvalue weighted by Gasteiger charge is 2.41. The lowest BCUT2D eigenvalue weighted by Gasteiger charge is -2.25. The molecule has 0 aliphatic carbocycles. The molecule has 4 N–H and O–H groups in total. The fourth-order valence-corrected chi connectivity index (χ4v) is 5.96. The van der Waals surface area contributed by atoms with Gasteiger partial charge in [-0.25, -0.2) is 23.4 Å². The van der Waals surface area contributed by atoms with Crippen molar-refractivity contribution >= 4 is 56.2 Å². The topological polar surface area (TPSA) is 163 Å². The van der Waals surface area contributed by atoms with Crippen LogP contribution in [0.15, 0.2) is 93.7 Å². The first kappa shape index (κ1) is 30.1. The van der Waals surface area contributed by atoms with Gasteiger partial charge in [-0.05, 0) is 48.2 Å². The summed E-state index contributed by atoms with van der Waals surface area (Å²) < 4.78 is 22.8. The number of carbonyl (C=O) groups is 3. The Hall–Kier alpha value is -4.33. The Balaban J connectivity index is 1.16. The van der Waals surface area contributed by atoms with Gasteiger partial charge in [0.15, 0.2) is 5.17 Å². The number of fused-ring (bicyclic) bond motifs is 3. The molecule has 13 heteroatoms. The quantitative estimate of drug-likeness (QED) is 0.299. The molecular weight excluding hydrogens is 589 g/mol. The summed E-state index contributed by atoms with van der Waals surface area (Å²) >= 11 is 1.13. The summed E-state index contributed by atoms with van der Waals surface area (Å²) in [5, 5.41) is 11.2. The van der Waals surface area contributed by atoms with Gasteiger partial charge in [-0.15, -0.1) is 0 Å². The number of aliphatic imine (C=N–C) groups is 2. The van der Waals surface area contributed by atoms with Crippen LogP contribution in [0, 0.1) is 0 Å². The monoisotopic (exact) mass is 618 g/mol. The van der Waals surface area contributed by atoms with E-state index < -0.39 is 16.1 Å². The van der Waals surface area contributed by atoms with E-state index in [9.17, 15) is 22.8 Å². The zero-order valence-electron chi connectivity index (χ0n) is 23.1. The molecular formula is C30H30N6O5S2. The number of nitrogens with two attached hydrogens (primary N) is 1. The molecule has 3 aromatic rings. The van der Waals surface area contributed by atoms with Crippen molar-refractivity contribution < 1.29 is 22.8 Å². The van der Waals surface area contributed by atoms with E-state index >= 15 is 0 Å². The number of amides is 3. The maximum absolute atomic E-state index is 13.5. The number of para-hydroxylation sites is 1. The fraction of sp³-hybridized carbons (Fsp3) is 0.233. The minimum absolute atomic E-state index is 0.0228. The molecule has 1 atom stereocenters. The highest BCUT2D eigenvalue weighted by molar-refractivity contribution is 8.14. The van der Waals surface area contributed by atoms with Gasteiger partial charge in [0.25, 0.3) is 5.91 Å². The maximum Gasteiger partial charge on any atom is 0.259 e. The van der Waals surface area contributed by atoms with Crippen LogP contribution in [0.2, 0.25) is 0 Å². The van der Waals surface area contributed by atoms with Crippen molar-refractivity contribution in [1.29, 1.82) is 0 Å². The molecule has 2 aliphatic rings. The average molecular weight is 619 g/mol. The van der Waals surface area contributed by atoms with Crippen LogP contribution in [0.25, 0.3) is 0 Å². The first-order valence-electron chi connectivity index (χ1n) is 13.6. The first-order valence-corrected chi connectivity index (χ1v) is 16.1. The van der Waals surface area contributed by atoms with Gasteiger partial charge >= 0.3 is 0 Å². The Bertz CT molecular complexity index is 1690. The summed E-state index contributed by atoms with van der Waals surface area (Å²) in [7, 11) is -3.76. The van der Waals surface area contributed by atoms with Crippen molar-refractivity contribution in [1.82, 2.24) is 15.5 Å². The van der Waals surface area contributed by atoms with Crippen molar-refractivity contribution in [2.75, 3.05) is 12.3 Å². The van der Waals surface area contributed by atoms with E-state index in [1.54, 1.807) is 12.1 Å².